The van der Waals surface area contributed by atoms with Crippen LogP contribution in [0.25, 0.3) is 17.1 Å². The van der Waals surface area contributed by atoms with Gasteiger partial charge in [-0.25, -0.2) is 4.68 Å². The van der Waals surface area contributed by atoms with Gasteiger partial charge in [-0.15, -0.1) is 0 Å². The third-order valence-corrected chi connectivity index (χ3v) is 5.78. The predicted octanol–water partition coefficient (Wildman–Crippen LogP) is 3.91. The molecule has 3 heterocycles. The number of carbonyl (C=O) groups excluding carboxylic acids is 2. The number of rotatable bonds is 7. The van der Waals surface area contributed by atoms with Crippen molar-refractivity contribution in [3.63, 3.8) is 0 Å². The molecule has 2 amide bonds. The summed E-state index contributed by atoms with van der Waals surface area (Å²) in [5.41, 5.74) is 2.88. The van der Waals surface area contributed by atoms with Crippen LogP contribution in [0.2, 0.25) is 0 Å². The van der Waals surface area contributed by atoms with E-state index >= 15 is 0 Å². The Hall–Kier alpha value is -4.13. The SMILES string of the molecule is O=C(NC[C@@H]1CC(=O)N(Cc2ccccc2)C1)c1cc(-c2ccco2)nn1-c1ccccc1. The van der Waals surface area contributed by atoms with Crippen molar-refractivity contribution >= 4 is 11.8 Å². The summed E-state index contributed by atoms with van der Waals surface area (Å²) in [6.45, 7) is 1.65. The summed E-state index contributed by atoms with van der Waals surface area (Å²) >= 11 is 0. The normalized spacial score (nSPS) is 15.7. The van der Waals surface area contributed by atoms with Gasteiger partial charge in [-0.05, 0) is 29.8 Å². The van der Waals surface area contributed by atoms with Gasteiger partial charge in [-0.2, -0.15) is 5.10 Å². The highest BCUT2D eigenvalue weighted by Gasteiger charge is 2.30. The van der Waals surface area contributed by atoms with Gasteiger partial charge in [0.15, 0.2) is 5.76 Å². The molecule has 4 aromatic rings. The van der Waals surface area contributed by atoms with Crippen molar-refractivity contribution in [1.29, 1.82) is 0 Å². The molecule has 0 radical (unpaired) electrons. The van der Waals surface area contributed by atoms with Gasteiger partial charge in [0, 0.05) is 38.0 Å². The van der Waals surface area contributed by atoms with Crippen LogP contribution in [-0.2, 0) is 11.3 Å². The minimum absolute atomic E-state index is 0.0720. The van der Waals surface area contributed by atoms with Crippen LogP contribution in [0.4, 0.5) is 0 Å². The monoisotopic (exact) mass is 440 g/mol. The highest BCUT2D eigenvalue weighted by atomic mass is 16.3. The maximum Gasteiger partial charge on any atom is 0.270 e. The molecule has 33 heavy (non-hydrogen) atoms. The second-order valence-corrected chi connectivity index (χ2v) is 8.18. The molecule has 0 bridgehead atoms. The zero-order valence-corrected chi connectivity index (χ0v) is 18.1. The molecule has 0 unspecified atom stereocenters. The van der Waals surface area contributed by atoms with Crippen molar-refractivity contribution < 1.29 is 14.0 Å². The Morgan fingerprint density at radius 2 is 1.79 bits per heavy atom. The first-order chi connectivity index (χ1) is 16.2. The molecule has 166 valence electrons. The molecule has 2 aromatic carbocycles. The average molecular weight is 441 g/mol. The Bertz CT molecular complexity index is 1230. The van der Waals surface area contributed by atoms with Crippen LogP contribution in [0.15, 0.2) is 89.5 Å². The van der Waals surface area contributed by atoms with Gasteiger partial charge in [-0.3, -0.25) is 9.59 Å². The first-order valence-electron chi connectivity index (χ1n) is 11.0. The summed E-state index contributed by atoms with van der Waals surface area (Å²) in [5.74, 6) is 0.546. The van der Waals surface area contributed by atoms with E-state index in [1.54, 1.807) is 23.1 Å². The standard InChI is InChI=1S/C26H24N4O3/c31-25-14-20(18-29(25)17-19-8-3-1-4-9-19)16-27-26(32)23-15-22(24-12-7-13-33-24)28-30(23)21-10-5-2-6-11-21/h1-13,15,20H,14,16-18H2,(H,27,32)/t20-/m0/s1. The van der Waals surface area contributed by atoms with Crippen LogP contribution < -0.4 is 5.32 Å². The number of likely N-dealkylation sites (tertiary alicyclic amines) is 1. The molecule has 1 aliphatic heterocycles. The molecule has 1 aliphatic rings. The van der Waals surface area contributed by atoms with E-state index in [2.05, 4.69) is 10.4 Å². The van der Waals surface area contributed by atoms with Crippen LogP contribution in [0.3, 0.4) is 0 Å². The fraction of sp³-hybridized carbons (Fsp3) is 0.192. The maximum absolute atomic E-state index is 13.1. The lowest BCUT2D eigenvalue weighted by atomic mass is 10.1. The minimum Gasteiger partial charge on any atom is -0.463 e. The molecule has 1 fully saturated rings. The summed E-state index contributed by atoms with van der Waals surface area (Å²) in [4.78, 5) is 27.5. The summed E-state index contributed by atoms with van der Waals surface area (Å²) < 4.78 is 7.09. The van der Waals surface area contributed by atoms with Crippen LogP contribution in [-0.4, -0.2) is 39.6 Å². The maximum atomic E-state index is 13.1. The Balaban J connectivity index is 1.28. The lowest BCUT2D eigenvalue weighted by Crippen LogP contribution is -2.32. The molecule has 2 aromatic heterocycles. The third-order valence-electron chi connectivity index (χ3n) is 5.78. The van der Waals surface area contributed by atoms with E-state index in [0.717, 1.165) is 11.3 Å². The number of furan rings is 1. The fourth-order valence-corrected chi connectivity index (χ4v) is 4.13. The van der Waals surface area contributed by atoms with Gasteiger partial charge in [0.1, 0.15) is 11.4 Å². The van der Waals surface area contributed by atoms with Crippen LogP contribution in [0, 0.1) is 5.92 Å². The van der Waals surface area contributed by atoms with Crippen LogP contribution in [0.1, 0.15) is 22.5 Å². The van der Waals surface area contributed by atoms with E-state index in [0.29, 0.717) is 43.2 Å². The smallest absolute Gasteiger partial charge is 0.270 e. The zero-order chi connectivity index (χ0) is 22.6. The molecule has 0 saturated carbocycles. The molecule has 7 nitrogen and oxygen atoms in total. The number of hydrogen-bond donors (Lipinski definition) is 1. The van der Waals surface area contributed by atoms with Crippen molar-refractivity contribution in [2.45, 2.75) is 13.0 Å². The molecular formula is C26H24N4O3. The van der Waals surface area contributed by atoms with Gasteiger partial charge in [-0.1, -0.05) is 48.5 Å². The van der Waals surface area contributed by atoms with Gasteiger partial charge >= 0.3 is 0 Å². The molecule has 7 heteroatoms. The predicted molar refractivity (Wildman–Crippen MR) is 124 cm³/mol. The Labute approximate surface area is 191 Å². The van der Waals surface area contributed by atoms with Crippen LogP contribution in [0.5, 0.6) is 0 Å². The summed E-state index contributed by atoms with van der Waals surface area (Å²) in [6, 6.07) is 24.8. The Morgan fingerprint density at radius 3 is 2.52 bits per heavy atom. The molecular weight excluding hydrogens is 416 g/mol. The van der Waals surface area contributed by atoms with E-state index in [1.165, 1.54) is 0 Å². The molecule has 0 spiro atoms. The van der Waals surface area contributed by atoms with Gasteiger partial charge in [0.25, 0.3) is 5.91 Å². The first-order valence-corrected chi connectivity index (χ1v) is 11.0. The van der Waals surface area contributed by atoms with Gasteiger partial charge in [0.05, 0.1) is 12.0 Å². The summed E-state index contributed by atoms with van der Waals surface area (Å²) in [6.07, 6.45) is 2.01. The number of para-hydroxylation sites is 1. The number of benzene rings is 2. The van der Waals surface area contributed by atoms with Gasteiger partial charge in [0.2, 0.25) is 5.91 Å². The highest BCUT2D eigenvalue weighted by molar-refractivity contribution is 5.94. The highest BCUT2D eigenvalue weighted by Crippen LogP contribution is 2.23. The molecule has 1 atom stereocenters. The van der Waals surface area contributed by atoms with Crippen molar-refractivity contribution in [2.24, 2.45) is 5.92 Å². The van der Waals surface area contributed by atoms with Crippen molar-refractivity contribution in [1.82, 2.24) is 20.0 Å². The van der Waals surface area contributed by atoms with Crippen molar-refractivity contribution in [3.05, 3.63) is 96.4 Å². The second kappa shape index (κ2) is 9.16. The Kier molecular flexibility index (Phi) is 5.76. The Morgan fingerprint density at radius 1 is 1.03 bits per heavy atom. The van der Waals surface area contributed by atoms with E-state index in [4.69, 9.17) is 4.42 Å². The number of nitrogens with one attached hydrogen (secondary N) is 1. The number of aromatic nitrogens is 2. The first kappa shape index (κ1) is 20.8. The number of amides is 2. The molecule has 5 rings (SSSR count). The van der Waals surface area contributed by atoms with Crippen molar-refractivity contribution in [2.75, 3.05) is 13.1 Å². The quantitative estimate of drug-likeness (QED) is 0.473. The largest absolute Gasteiger partial charge is 0.463 e. The summed E-state index contributed by atoms with van der Waals surface area (Å²) in [5, 5.41) is 7.60. The number of nitrogens with zero attached hydrogens (tertiary/aromatic N) is 3. The lowest BCUT2D eigenvalue weighted by molar-refractivity contribution is -0.128. The zero-order valence-electron chi connectivity index (χ0n) is 18.1. The molecule has 1 N–H and O–H groups in total. The summed E-state index contributed by atoms with van der Waals surface area (Å²) in [7, 11) is 0. The lowest BCUT2D eigenvalue weighted by Gasteiger charge is -2.17. The van der Waals surface area contributed by atoms with E-state index in [1.807, 2.05) is 71.6 Å². The topological polar surface area (TPSA) is 80.4 Å². The van der Waals surface area contributed by atoms with E-state index in [9.17, 15) is 9.59 Å². The second-order valence-electron chi connectivity index (χ2n) is 8.18. The van der Waals surface area contributed by atoms with Crippen molar-refractivity contribution in [3.8, 4) is 17.1 Å². The minimum atomic E-state index is -0.238. The molecule has 0 aliphatic carbocycles. The van der Waals surface area contributed by atoms with Gasteiger partial charge < -0.3 is 14.6 Å². The fourth-order valence-electron chi connectivity index (χ4n) is 4.13. The molecule has 1 saturated heterocycles. The number of carbonyl (C=O) groups is 2. The third kappa shape index (κ3) is 4.57. The van der Waals surface area contributed by atoms with E-state index in [-0.39, 0.29) is 17.7 Å². The van der Waals surface area contributed by atoms with Crippen LogP contribution >= 0.6 is 0 Å². The van der Waals surface area contributed by atoms with E-state index < -0.39 is 0 Å². The average Bonchev–Trinajstić information content (AvgIpc) is 3.59. The number of hydrogen-bond acceptors (Lipinski definition) is 4.